The number of pyridine rings is 1. The Morgan fingerprint density at radius 3 is 2.68 bits per heavy atom. The van der Waals surface area contributed by atoms with E-state index in [9.17, 15) is 4.79 Å². The Morgan fingerprint density at radius 2 is 2.00 bits per heavy atom. The molecule has 22 heavy (non-hydrogen) atoms. The zero-order valence-electron chi connectivity index (χ0n) is 13.3. The quantitative estimate of drug-likeness (QED) is 0.803. The SMILES string of the molecule is CC(C)(C)OC(=O)N1CCCN(c2nc(Cl)ccc2N)CC1. The average Bonchev–Trinajstić information content (AvgIpc) is 2.65. The number of carbonyl (C=O) groups excluding carboxylic acids is 1. The van der Waals surface area contributed by atoms with Crippen molar-refractivity contribution in [3.05, 3.63) is 17.3 Å². The van der Waals surface area contributed by atoms with Crippen LogP contribution in [-0.4, -0.2) is 47.8 Å². The Kier molecular flexibility index (Phi) is 5.01. The third-order valence-corrected chi connectivity index (χ3v) is 3.53. The highest BCUT2D eigenvalue weighted by Gasteiger charge is 2.25. The highest BCUT2D eigenvalue weighted by Crippen LogP contribution is 2.24. The average molecular weight is 327 g/mol. The summed E-state index contributed by atoms with van der Waals surface area (Å²) in [6, 6.07) is 3.42. The first-order valence-corrected chi connectivity index (χ1v) is 7.79. The van der Waals surface area contributed by atoms with Gasteiger partial charge in [-0.2, -0.15) is 0 Å². The number of carbonyl (C=O) groups is 1. The van der Waals surface area contributed by atoms with Gasteiger partial charge < -0.3 is 20.3 Å². The number of amides is 1. The second-order valence-electron chi connectivity index (χ2n) is 6.35. The molecule has 1 fully saturated rings. The maximum Gasteiger partial charge on any atom is 0.410 e. The molecule has 7 heteroatoms. The minimum atomic E-state index is -0.484. The molecule has 122 valence electrons. The summed E-state index contributed by atoms with van der Waals surface area (Å²) in [6.45, 7) is 8.25. The third kappa shape index (κ3) is 4.40. The van der Waals surface area contributed by atoms with E-state index in [1.807, 2.05) is 20.8 Å². The lowest BCUT2D eigenvalue weighted by Crippen LogP contribution is -2.39. The molecule has 0 aromatic carbocycles. The normalized spacial score (nSPS) is 16.4. The summed E-state index contributed by atoms with van der Waals surface area (Å²) in [5.74, 6) is 0.679. The molecule has 1 aromatic rings. The maximum absolute atomic E-state index is 12.2. The van der Waals surface area contributed by atoms with Crippen LogP contribution in [0.2, 0.25) is 5.15 Å². The van der Waals surface area contributed by atoms with Crippen LogP contribution in [0.15, 0.2) is 12.1 Å². The lowest BCUT2D eigenvalue weighted by atomic mass is 10.2. The van der Waals surface area contributed by atoms with Crippen LogP contribution in [0.3, 0.4) is 0 Å². The van der Waals surface area contributed by atoms with E-state index in [1.165, 1.54) is 0 Å². The Balaban J connectivity index is 2.03. The number of hydrogen-bond acceptors (Lipinski definition) is 5. The molecule has 1 amide bonds. The van der Waals surface area contributed by atoms with Gasteiger partial charge in [0, 0.05) is 26.2 Å². The van der Waals surface area contributed by atoms with Gasteiger partial charge in [0.25, 0.3) is 0 Å². The molecule has 0 bridgehead atoms. The fraction of sp³-hybridized carbons (Fsp3) is 0.600. The molecule has 0 spiro atoms. The van der Waals surface area contributed by atoms with Crippen molar-refractivity contribution in [3.63, 3.8) is 0 Å². The van der Waals surface area contributed by atoms with Crippen LogP contribution in [0, 0.1) is 0 Å². The van der Waals surface area contributed by atoms with Gasteiger partial charge in [0.05, 0.1) is 5.69 Å². The molecule has 0 saturated carbocycles. The molecular formula is C15H23ClN4O2. The van der Waals surface area contributed by atoms with Crippen molar-refractivity contribution >= 4 is 29.2 Å². The van der Waals surface area contributed by atoms with Crippen molar-refractivity contribution in [2.45, 2.75) is 32.8 Å². The first kappa shape index (κ1) is 16.7. The van der Waals surface area contributed by atoms with Gasteiger partial charge >= 0.3 is 6.09 Å². The smallest absolute Gasteiger partial charge is 0.410 e. The molecule has 0 radical (unpaired) electrons. The lowest BCUT2D eigenvalue weighted by Gasteiger charge is -2.27. The topological polar surface area (TPSA) is 71.7 Å². The van der Waals surface area contributed by atoms with E-state index in [0.717, 1.165) is 13.0 Å². The molecule has 0 aliphatic carbocycles. The predicted octanol–water partition coefficient (Wildman–Crippen LogP) is 2.76. The summed E-state index contributed by atoms with van der Waals surface area (Å²) in [5, 5.41) is 0.414. The first-order valence-electron chi connectivity index (χ1n) is 7.41. The zero-order valence-corrected chi connectivity index (χ0v) is 14.1. The van der Waals surface area contributed by atoms with Crippen LogP contribution >= 0.6 is 11.6 Å². The summed E-state index contributed by atoms with van der Waals surface area (Å²) < 4.78 is 5.42. The Labute approximate surface area is 136 Å². The Hall–Kier alpha value is -1.69. The minimum absolute atomic E-state index is 0.277. The number of hydrogen-bond donors (Lipinski definition) is 1. The largest absolute Gasteiger partial charge is 0.444 e. The van der Waals surface area contributed by atoms with Crippen LogP contribution in [-0.2, 0) is 4.74 Å². The molecule has 1 aliphatic rings. The number of ether oxygens (including phenoxy) is 1. The van der Waals surface area contributed by atoms with E-state index < -0.39 is 5.60 Å². The number of aromatic nitrogens is 1. The predicted molar refractivity (Wildman–Crippen MR) is 88.3 cm³/mol. The summed E-state index contributed by atoms with van der Waals surface area (Å²) in [6.07, 6.45) is 0.550. The standard InChI is InChI=1S/C15H23ClN4O2/c1-15(2,3)22-14(21)20-8-4-7-19(9-10-20)13-11(17)5-6-12(16)18-13/h5-6H,4,7-10,17H2,1-3H3. The van der Waals surface area contributed by atoms with Crippen molar-refractivity contribution in [1.29, 1.82) is 0 Å². The van der Waals surface area contributed by atoms with Crippen LogP contribution in [0.1, 0.15) is 27.2 Å². The van der Waals surface area contributed by atoms with Crippen LogP contribution in [0.25, 0.3) is 0 Å². The van der Waals surface area contributed by atoms with E-state index in [4.69, 9.17) is 22.1 Å². The van der Waals surface area contributed by atoms with Gasteiger partial charge in [0.1, 0.15) is 10.8 Å². The molecule has 1 aromatic heterocycles. The van der Waals surface area contributed by atoms with E-state index in [1.54, 1.807) is 17.0 Å². The van der Waals surface area contributed by atoms with Crippen LogP contribution in [0.5, 0.6) is 0 Å². The summed E-state index contributed by atoms with van der Waals surface area (Å²) >= 11 is 5.95. The first-order chi connectivity index (χ1) is 10.3. The number of halogens is 1. The van der Waals surface area contributed by atoms with Gasteiger partial charge in [-0.05, 0) is 39.3 Å². The summed E-state index contributed by atoms with van der Waals surface area (Å²) in [7, 11) is 0. The van der Waals surface area contributed by atoms with Gasteiger partial charge in [-0.25, -0.2) is 9.78 Å². The highest BCUT2D eigenvalue weighted by molar-refractivity contribution is 6.29. The minimum Gasteiger partial charge on any atom is -0.444 e. The van der Waals surface area contributed by atoms with Gasteiger partial charge in [-0.15, -0.1) is 0 Å². The second-order valence-corrected chi connectivity index (χ2v) is 6.74. The molecule has 2 N–H and O–H groups in total. The molecule has 0 atom stereocenters. The number of nitrogens with zero attached hydrogens (tertiary/aromatic N) is 3. The summed E-state index contributed by atoms with van der Waals surface area (Å²) in [4.78, 5) is 20.2. The van der Waals surface area contributed by atoms with Crippen molar-refractivity contribution < 1.29 is 9.53 Å². The van der Waals surface area contributed by atoms with Gasteiger partial charge in [-0.3, -0.25) is 0 Å². The number of rotatable bonds is 1. The summed E-state index contributed by atoms with van der Waals surface area (Å²) in [5.41, 5.74) is 6.09. The van der Waals surface area contributed by atoms with Crippen molar-refractivity contribution in [1.82, 2.24) is 9.88 Å². The monoisotopic (exact) mass is 326 g/mol. The van der Waals surface area contributed by atoms with E-state index in [2.05, 4.69) is 9.88 Å². The second kappa shape index (κ2) is 6.60. The van der Waals surface area contributed by atoms with Crippen molar-refractivity contribution in [3.8, 4) is 0 Å². The molecule has 1 aliphatic heterocycles. The molecule has 0 unspecified atom stereocenters. The molecule has 2 heterocycles. The molecular weight excluding hydrogens is 304 g/mol. The van der Waals surface area contributed by atoms with Gasteiger partial charge in [-0.1, -0.05) is 11.6 Å². The van der Waals surface area contributed by atoms with Gasteiger partial charge in [0.2, 0.25) is 0 Å². The van der Waals surface area contributed by atoms with Crippen molar-refractivity contribution in [2.75, 3.05) is 36.8 Å². The molecule has 1 saturated heterocycles. The number of anilines is 2. The molecule has 2 rings (SSSR count). The Bertz CT molecular complexity index is 545. The third-order valence-electron chi connectivity index (χ3n) is 3.32. The van der Waals surface area contributed by atoms with Gasteiger partial charge in [0.15, 0.2) is 5.82 Å². The van der Waals surface area contributed by atoms with Crippen LogP contribution < -0.4 is 10.6 Å². The Morgan fingerprint density at radius 1 is 1.27 bits per heavy atom. The highest BCUT2D eigenvalue weighted by atomic mass is 35.5. The van der Waals surface area contributed by atoms with E-state index in [-0.39, 0.29) is 6.09 Å². The number of nitrogens with two attached hydrogens (primary N) is 1. The fourth-order valence-electron chi connectivity index (χ4n) is 2.33. The van der Waals surface area contributed by atoms with Crippen LogP contribution in [0.4, 0.5) is 16.3 Å². The molecule has 6 nitrogen and oxygen atoms in total. The maximum atomic E-state index is 12.2. The number of nitrogen functional groups attached to an aromatic ring is 1. The van der Waals surface area contributed by atoms with E-state index in [0.29, 0.717) is 36.3 Å². The lowest BCUT2D eigenvalue weighted by molar-refractivity contribution is 0.0263. The van der Waals surface area contributed by atoms with E-state index >= 15 is 0 Å². The zero-order chi connectivity index (χ0) is 16.3. The van der Waals surface area contributed by atoms with Crippen molar-refractivity contribution in [2.24, 2.45) is 0 Å². The fourth-order valence-corrected chi connectivity index (χ4v) is 2.47.